The molecule has 2 aliphatic rings. The van der Waals surface area contributed by atoms with Gasteiger partial charge in [0.25, 0.3) is 0 Å². The number of hydrogen-bond acceptors (Lipinski definition) is 9. The number of pyridine rings is 1. The fourth-order valence-electron chi connectivity index (χ4n) is 4.66. The monoisotopic (exact) mass is 491 g/mol. The van der Waals surface area contributed by atoms with Gasteiger partial charge in [-0.25, -0.2) is 24.9 Å². The minimum atomic E-state index is -0.552. The first kappa shape index (κ1) is 24.0. The molecular weight excluding hydrogens is 461 g/mol. The maximum atomic E-state index is 14.5. The van der Waals surface area contributed by atoms with Crippen LogP contribution in [0.2, 0.25) is 0 Å². The van der Waals surface area contributed by atoms with Gasteiger partial charge in [0.2, 0.25) is 5.95 Å². The summed E-state index contributed by atoms with van der Waals surface area (Å²) in [6.45, 7) is 8.27. The molecule has 5 rings (SSSR count). The van der Waals surface area contributed by atoms with Gasteiger partial charge >= 0.3 is 5.97 Å². The molecule has 0 aromatic carbocycles. The number of fused-ring (bicyclic) bond motifs is 1. The fraction of sp³-hybridized carbons (Fsp3) is 0.462. The van der Waals surface area contributed by atoms with Crippen LogP contribution in [-0.2, 0) is 16.0 Å². The van der Waals surface area contributed by atoms with Crippen LogP contribution in [0.5, 0.6) is 0 Å². The molecule has 0 amide bonds. The van der Waals surface area contributed by atoms with Crippen molar-refractivity contribution in [3.05, 3.63) is 54.0 Å². The van der Waals surface area contributed by atoms with Gasteiger partial charge in [-0.2, -0.15) is 4.39 Å². The molecule has 1 atom stereocenters. The van der Waals surface area contributed by atoms with Crippen molar-refractivity contribution in [2.24, 2.45) is 5.92 Å². The Kier molecular flexibility index (Phi) is 6.27. The van der Waals surface area contributed by atoms with E-state index in [1.54, 1.807) is 24.7 Å². The van der Waals surface area contributed by atoms with Crippen molar-refractivity contribution in [2.45, 2.75) is 64.6 Å². The second-order valence-electron chi connectivity index (χ2n) is 10.4. The van der Waals surface area contributed by atoms with Crippen molar-refractivity contribution in [1.82, 2.24) is 24.9 Å². The molecule has 4 heterocycles. The van der Waals surface area contributed by atoms with Crippen molar-refractivity contribution in [1.29, 1.82) is 0 Å². The Morgan fingerprint density at radius 2 is 1.86 bits per heavy atom. The second-order valence-corrected chi connectivity index (χ2v) is 10.4. The van der Waals surface area contributed by atoms with Gasteiger partial charge in [0.05, 0.1) is 17.7 Å². The van der Waals surface area contributed by atoms with E-state index in [0.29, 0.717) is 49.0 Å². The van der Waals surface area contributed by atoms with Gasteiger partial charge in [-0.3, -0.25) is 4.79 Å². The van der Waals surface area contributed by atoms with Crippen LogP contribution in [0, 0.1) is 11.9 Å². The van der Waals surface area contributed by atoms with Crippen molar-refractivity contribution < 1.29 is 13.9 Å². The summed E-state index contributed by atoms with van der Waals surface area (Å²) in [6, 6.07) is 5.01. The number of hydrogen-bond donors (Lipinski definition) is 1. The summed E-state index contributed by atoms with van der Waals surface area (Å²) in [5, 5.41) is 3.35. The highest BCUT2D eigenvalue weighted by atomic mass is 19.1. The number of nitrogens with one attached hydrogen (secondary N) is 1. The van der Waals surface area contributed by atoms with Crippen molar-refractivity contribution >= 4 is 17.5 Å². The third-order valence-corrected chi connectivity index (χ3v) is 6.50. The molecule has 0 radical (unpaired) electrons. The number of halogens is 1. The summed E-state index contributed by atoms with van der Waals surface area (Å²) in [7, 11) is 0. The highest BCUT2D eigenvalue weighted by Gasteiger charge is 2.37. The third kappa shape index (κ3) is 5.12. The first-order chi connectivity index (χ1) is 17.2. The lowest BCUT2D eigenvalue weighted by atomic mass is 9.80. The summed E-state index contributed by atoms with van der Waals surface area (Å²) in [5.74, 6) is 0.682. The average Bonchev–Trinajstić information content (AvgIpc) is 2.80. The van der Waals surface area contributed by atoms with Crippen molar-refractivity contribution in [2.75, 3.05) is 16.8 Å². The Morgan fingerprint density at radius 1 is 1.11 bits per heavy atom. The lowest BCUT2D eigenvalue weighted by Crippen LogP contribution is -2.42. The zero-order valence-corrected chi connectivity index (χ0v) is 20.9. The Hall–Kier alpha value is -3.69. The third-order valence-electron chi connectivity index (χ3n) is 6.50. The number of rotatable bonds is 5. The standard InChI is InChI=1S/C26H30FN7O2/c1-15-19-14-30-24(23-28-7-5-8-29-23)32-20(19)6-9-34(15)22-13-18(12-21(27)33-22)31-17-10-16(11-17)25(35)36-26(2,3)4/h5,7-8,12-17H,6,9-11H2,1-4H3,(H,31,33). The van der Waals surface area contributed by atoms with E-state index in [1.165, 1.54) is 6.07 Å². The summed E-state index contributed by atoms with van der Waals surface area (Å²) < 4.78 is 20.0. The van der Waals surface area contributed by atoms with Crippen LogP contribution in [-0.4, -0.2) is 49.1 Å². The highest BCUT2D eigenvalue weighted by Crippen LogP contribution is 2.36. The zero-order valence-electron chi connectivity index (χ0n) is 20.9. The van der Waals surface area contributed by atoms with Crippen LogP contribution in [0.3, 0.4) is 0 Å². The van der Waals surface area contributed by atoms with Crippen LogP contribution >= 0.6 is 0 Å². The number of esters is 1. The average molecular weight is 492 g/mol. The van der Waals surface area contributed by atoms with E-state index < -0.39 is 11.5 Å². The number of carbonyl (C=O) groups is 1. The van der Waals surface area contributed by atoms with Gasteiger partial charge in [-0.15, -0.1) is 0 Å². The molecule has 0 saturated heterocycles. The number of anilines is 2. The molecular formula is C26H30FN7O2. The molecule has 1 aliphatic heterocycles. The van der Waals surface area contributed by atoms with Gasteiger partial charge < -0.3 is 15.0 Å². The Morgan fingerprint density at radius 3 is 2.58 bits per heavy atom. The summed E-state index contributed by atoms with van der Waals surface area (Å²) in [4.78, 5) is 36.1. The molecule has 0 spiro atoms. The molecule has 0 bridgehead atoms. The molecule has 36 heavy (non-hydrogen) atoms. The molecule has 1 fully saturated rings. The number of aromatic nitrogens is 5. The smallest absolute Gasteiger partial charge is 0.309 e. The Balaban J connectivity index is 1.27. The van der Waals surface area contributed by atoms with Crippen LogP contribution in [0.25, 0.3) is 11.6 Å². The molecule has 1 unspecified atom stereocenters. The molecule has 10 heteroatoms. The van der Waals surface area contributed by atoms with E-state index >= 15 is 0 Å². The largest absolute Gasteiger partial charge is 0.460 e. The van der Waals surface area contributed by atoms with E-state index in [9.17, 15) is 9.18 Å². The molecule has 3 aromatic rings. The topological polar surface area (TPSA) is 106 Å². The SMILES string of the molecule is CC1c2cnc(-c3ncccn3)nc2CCN1c1cc(NC2CC(C(=O)OC(C)(C)C)C2)cc(F)n1. The van der Waals surface area contributed by atoms with E-state index in [2.05, 4.69) is 30.2 Å². The maximum Gasteiger partial charge on any atom is 0.309 e. The van der Waals surface area contributed by atoms with Gasteiger partial charge in [-0.1, -0.05) is 0 Å². The predicted molar refractivity (Wildman–Crippen MR) is 133 cm³/mol. The maximum absolute atomic E-state index is 14.5. The summed E-state index contributed by atoms with van der Waals surface area (Å²) in [5.41, 5.74) is 2.06. The van der Waals surface area contributed by atoms with Crippen molar-refractivity contribution in [3.8, 4) is 11.6 Å². The second kappa shape index (κ2) is 9.40. The highest BCUT2D eigenvalue weighted by molar-refractivity contribution is 5.74. The minimum Gasteiger partial charge on any atom is -0.460 e. The fourth-order valence-corrected chi connectivity index (χ4v) is 4.66. The Labute approximate surface area is 209 Å². The lowest BCUT2D eigenvalue weighted by molar-refractivity contribution is -0.163. The summed E-state index contributed by atoms with van der Waals surface area (Å²) >= 11 is 0. The zero-order chi connectivity index (χ0) is 25.4. The Bertz CT molecular complexity index is 1260. The van der Waals surface area contributed by atoms with Crippen LogP contribution in [0.1, 0.15) is 57.8 Å². The van der Waals surface area contributed by atoms with Gasteiger partial charge in [0.1, 0.15) is 11.4 Å². The molecule has 3 aromatic heterocycles. The van der Waals surface area contributed by atoms with Gasteiger partial charge in [0.15, 0.2) is 11.6 Å². The quantitative estimate of drug-likeness (QED) is 0.417. The van der Waals surface area contributed by atoms with E-state index in [-0.39, 0.29) is 24.0 Å². The molecule has 1 saturated carbocycles. The molecule has 1 N–H and O–H groups in total. The molecule has 188 valence electrons. The first-order valence-corrected chi connectivity index (χ1v) is 12.2. The van der Waals surface area contributed by atoms with E-state index in [0.717, 1.165) is 11.3 Å². The lowest BCUT2D eigenvalue weighted by Gasteiger charge is -2.37. The van der Waals surface area contributed by atoms with Crippen LogP contribution in [0.15, 0.2) is 36.8 Å². The minimum absolute atomic E-state index is 0.0816. The van der Waals surface area contributed by atoms with Gasteiger partial charge in [-0.05, 0) is 46.6 Å². The first-order valence-electron chi connectivity index (χ1n) is 12.2. The van der Waals surface area contributed by atoms with E-state index in [1.807, 2.05) is 33.8 Å². The van der Waals surface area contributed by atoms with Crippen molar-refractivity contribution in [3.63, 3.8) is 0 Å². The van der Waals surface area contributed by atoms with Crippen LogP contribution < -0.4 is 10.2 Å². The van der Waals surface area contributed by atoms with Gasteiger partial charge in [0, 0.05) is 61.0 Å². The number of ether oxygens (including phenoxy) is 1. The normalized spacial score (nSPS) is 21.4. The van der Waals surface area contributed by atoms with Crippen LogP contribution in [0.4, 0.5) is 15.9 Å². The van der Waals surface area contributed by atoms with E-state index in [4.69, 9.17) is 9.72 Å². The molecule has 1 aliphatic carbocycles. The predicted octanol–water partition coefficient (Wildman–Crippen LogP) is 4.12. The molecule has 9 nitrogen and oxygen atoms in total. The number of nitrogens with zero attached hydrogens (tertiary/aromatic N) is 6. The number of carbonyl (C=O) groups excluding carboxylic acids is 1. The summed E-state index contributed by atoms with van der Waals surface area (Å²) in [6.07, 6.45) is 7.12.